The molecule has 15 nitrogen and oxygen atoms in total. The van der Waals surface area contributed by atoms with Gasteiger partial charge in [-0.2, -0.15) is 4.31 Å². The molecule has 2 amide bonds. The maximum Gasteiger partial charge on any atom is 0.314 e. The molecule has 302 valence electrons. The van der Waals surface area contributed by atoms with E-state index in [-0.39, 0.29) is 43.8 Å². The summed E-state index contributed by atoms with van der Waals surface area (Å²) in [5.74, 6) is 0.818. The molecule has 7 N–H and O–H groups in total. The highest BCUT2D eigenvalue weighted by Gasteiger charge is 2.48. The fraction of sp³-hybridized carbons (Fsp3) is 0.526. The number of urea groups is 1. The van der Waals surface area contributed by atoms with Gasteiger partial charge >= 0.3 is 6.03 Å². The largest absolute Gasteiger partial charge is 0.490 e. The molecule has 0 spiro atoms. The summed E-state index contributed by atoms with van der Waals surface area (Å²) in [4.78, 5) is 16.7. The topological polar surface area (TPSA) is 220 Å². The van der Waals surface area contributed by atoms with Gasteiger partial charge in [-0.3, -0.25) is 4.98 Å². The van der Waals surface area contributed by atoms with E-state index in [2.05, 4.69) is 15.6 Å². The Morgan fingerprint density at radius 1 is 1.00 bits per heavy atom. The van der Waals surface area contributed by atoms with E-state index in [0.29, 0.717) is 23.4 Å². The third kappa shape index (κ3) is 11.3. The van der Waals surface area contributed by atoms with Crippen molar-refractivity contribution >= 4 is 27.7 Å². The molecule has 3 aromatic rings. The van der Waals surface area contributed by atoms with Gasteiger partial charge in [0.25, 0.3) is 0 Å². The Morgan fingerprint density at radius 3 is 2.45 bits per heavy atom. The number of para-hydroxylation sites is 1. The first-order valence-electron chi connectivity index (χ1n) is 18.4. The summed E-state index contributed by atoms with van der Waals surface area (Å²) in [6.45, 7) is -0.613. The number of aliphatic hydroxyl groups excluding tert-OH is 5. The lowest BCUT2D eigenvalue weighted by molar-refractivity contribution is -0.113. The van der Waals surface area contributed by atoms with Crippen molar-refractivity contribution in [3.05, 3.63) is 77.1 Å². The molecule has 1 aromatic heterocycles. The molecule has 2 fully saturated rings. The molecular weight excluding hydrogens is 756 g/mol. The normalized spacial score (nSPS) is 17.3. The zero-order valence-electron chi connectivity index (χ0n) is 30.7. The number of hydrogen-bond donors (Lipinski definition) is 7. The SMILES string of the molecule is COCCN(CCCCNC(=O)NC[C@@H](O)[C@H](O)[C@@H](O)[C@@H](O)CO)S(=O)(=O)c1ccc(Cl)c(COC2(c3cnccc3-c3ccccc3OC3CC3)CC2)c1. The molecule has 4 atom stereocenters. The van der Waals surface area contributed by atoms with Crippen LogP contribution in [0.1, 0.15) is 49.7 Å². The standard InChI is InChI=1S/C38H51ClN4O11S/c1-52-19-18-43(17-5-4-15-41-37(49)42-22-32(45)35(47)36(48)33(46)23-44)55(50,51)27-10-11-31(39)25(20-27)24-53-38(13-14-38)30-21-40-16-12-28(30)29-6-2-3-7-34(29)54-26-8-9-26/h2-3,6-7,10-12,16,20-21,26,32-33,35-36,44-48H,4-5,8-9,13-15,17-19,22-24H2,1H3,(H2,41,42,49)/t32-,33+,35+,36+/m1/s1. The number of hydrogen-bond acceptors (Lipinski definition) is 12. The van der Waals surface area contributed by atoms with Crippen LogP contribution in [0.15, 0.2) is 65.8 Å². The Morgan fingerprint density at radius 2 is 1.75 bits per heavy atom. The third-order valence-corrected chi connectivity index (χ3v) is 11.9. The van der Waals surface area contributed by atoms with Gasteiger partial charge in [-0.25, -0.2) is 13.2 Å². The zero-order chi connectivity index (χ0) is 39.6. The van der Waals surface area contributed by atoms with Crippen LogP contribution in [0.5, 0.6) is 5.75 Å². The minimum atomic E-state index is -3.99. The van der Waals surface area contributed by atoms with Gasteiger partial charge in [0, 0.05) is 61.8 Å². The number of halogens is 1. The number of nitrogens with one attached hydrogen (secondary N) is 2. The molecule has 55 heavy (non-hydrogen) atoms. The van der Waals surface area contributed by atoms with Gasteiger partial charge in [-0.05, 0) is 80.0 Å². The van der Waals surface area contributed by atoms with E-state index in [1.165, 1.54) is 23.5 Å². The number of carbonyl (C=O) groups is 1. The predicted molar refractivity (Wildman–Crippen MR) is 203 cm³/mol. The smallest absolute Gasteiger partial charge is 0.314 e. The summed E-state index contributed by atoms with van der Waals surface area (Å²) >= 11 is 6.60. The van der Waals surface area contributed by atoms with E-state index >= 15 is 0 Å². The van der Waals surface area contributed by atoms with E-state index in [9.17, 15) is 33.6 Å². The van der Waals surface area contributed by atoms with Gasteiger partial charge in [0.15, 0.2) is 0 Å². The molecule has 1 heterocycles. The Labute approximate surface area is 326 Å². The van der Waals surface area contributed by atoms with Gasteiger partial charge in [0.1, 0.15) is 24.1 Å². The molecule has 17 heteroatoms. The Bertz CT molecular complexity index is 1830. The predicted octanol–water partition coefficient (Wildman–Crippen LogP) is 2.30. The van der Waals surface area contributed by atoms with Crippen molar-refractivity contribution in [1.29, 1.82) is 0 Å². The molecule has 0 aliphatic heterocycles. The lowest BCUT2D eigenvalue weighted by atomic mass is 9.96. The number of sulfonamides is 1. The first kappa shape index (κ1) is 42.7. The van der Waals surface area contributed by atoms with Crippen LogP contribution >= 0.6 is 11.6 Å². The Hall–Kier alpha value is -3.42. The second kappa shape index (κ2) is 19.6. The number of methoxy groups -OCH3 is 1. The minimum absolute atomic E-state index is 0.0551. The highest BCUT2D eigenvalue weighted by atomic mass is 35.5. The summed E-state index contributed by atoms with van der Waals surface area (Å²) in [7, 11) is -2.51. The second-order valence-electron chi connectivity index (χ2n) is 13.8. The molecule has 0 saturated heterocycles. The number of unbranched alkanes of at least 4 members (excludes halogenated alkanes) is 1. The molecule has 5 rings (SSSR count). The first-order valence-corrected chi connectivity index (χ1v) is 20.2. The van der Waals surface area contributed by atoms with Crippen molar-refractivity contribution < 1.29 is 53.0 Å². The van der Waals surface area contributed by atoms with E-state index in [0.717, 1.165) is 48.1 Å². The fourth-order valence-electron chi connectivity index (χ4n) is 6.05. The van der Waals surface area contributed by atoms with Crippen LogP contribution in [0.4, 0.5) is 4.79 Å². The highest BCUT2D eigenvalue weighted by Crippen LogP contribution is 2.53. The Balaban J connectivity index is 1.18. The highest BCUT2D eigenvalue weighted by molar-refractivity contribution is 7.89. The molecule has 0 radical (unpaired) electrons. The van der Waals surface area contributed by atoms with Crippen LogP contribution in [0.2, 0.25) is 5.02 Å². The second-order valence-corrected chi connectivity index (χ2v) is 16.2. The number of benzene rings is 2. The molecule has 0 bridgehead atoms. The zero-order valence-corrected chi connectivity index (χ0v) is 32.3. The minimum Gasteiger partial charge on any atom is -0.490 e. The molecule has 2 aliphatic carbocycles. The number of amides is 2. The maximum atomic E-state index is 13.9. The average Bonchev–Trinajstić information content (AvgIpc) is 4.14. The van der Waals surface area contributed by atoms with Crippen molar-refractivity contribution in [1.82, 2.24) is 19.9 Å². The molecule has 2 saturated carbocycles. The summed E-state index contributed by atoms with van der Waals surface area (Å²) in [6.07, 6.45) is 1.35. The van der Waals surface area contributed by atoms with Crippen molar-refractivity contribution in [3.63, 3.8) is 0 Å². The maximum absolute atomic E-state index is 13.9. The summed E-state index contributed by atoms with van der Waals surface area (Å²) in [5, 5.41) is 53.2. The first-order chi connectivity index (χ1) is 26.4. The lowest BCUT2D eigenvalue weighted by Crippen LogP contribution is -2.50. The van der Waals surface area contributed by atoms with Crippen LogP contribution in [0, 0.1) is 0 Å². The summed E-state index contributed by atoms with van der Waals surface area (Å²) in [5.41, 5.74) is 2.79. The van der Waals surface area contributed by atoms with Gasteiger partial charge in [0.2, 0.25) is 10.0 Å². The molecular formula is C38H51ClN4O11S. The number of aliphatic hydroxyl groups is 5. The van der Waals surface area contributed by atoms with Gasteiger partial charge in [-0.1, -0.05) is 29.8 Å². The van der Waals surface area contributed by atoms with E-state index in [1.54, 1.807) is 12.3 Å². The van der Waals surface area contributed by atoms with Crippen molar-refractivity contribution in [3.8, 4) is 16.9 Å². The molecule has 2 aliphatic rings. The quantitative estimate of drug-likeness (QED) is 0.0687. The molecule has 0 unspecified atom stereocenters. The van der Waals surface area contributed by atoms with E-state index < -0.39 is 59.2 Å². The van der Waals surface area contributed by atoms with E-state index in [4.69, 9.17) is 30.9 Å². The number of aromatic nitrogens is 1. The van der Waals surface area contributed by atoms with Crippen LogP contribution in [0.3, 0.4) is 0 Å². The van der Waals surface area contributed by atoms with Crippen molar-refractivity contribution in [2.45, 2.75) is 86.1 Å². The van der Waals surface area contributed by atoms with Gasteiger partial charge < -0.3 is 50.4 Å². The fourth-order valence-corrected chi connectivity index (χ4v) is 7.73. The number of ether oxygens (including phenoxy) is 3. The molecule has 2 aromatic carbocycles. The van der Waals surface area contributed by atoms with Crippen LogP contribution in [-0.4, -0.2) is 126 Å². The average molecular weight is 807 g/mol. The van der Waals surface area contributed by atoms with Crippen LogP contribution in [0.25, 0.3) is 11.1 Å². The monoisotopic (exact) mass is 806 g/mol. The van der Waals surface area contributed by atoms with Crippen LogP contribution in [-0.2, 0) is 31.7 Å². The van der Waals surface area contributed by atoms with Crippen molar-refractivity contribution in [2.24, 2.45) is 0 Å². The van der Waals surface area contributed by atoms with Crippen molar-refractivity contribution in [2.75, 3.05) is 46.5 Å². The third-order valence-electron chi connectivity index (χ3n) is 9.63. The van der Waals surface area contributed by atoms with E-state index in [1.807, 2.05) is 36.5 Å². The number of carbonyl (C=O) groups excluding carboxylic acids is 1. The van der Waals surface area contributed by atoms with Gasteiger partial charge in [-0.15, -0.1) is 0 Å². The van der Waals surface area contributed by atoms with Gasteiger partial charge in [0.05, 0.1) is 42.5 Å². The Kier molecular flexibility index (Phi) is 15.2. The summed E-state index contributed by atoms with van der Waals surface area (Å²) in [6, 6.07) is 13.8. The number of rotatable bonds is 23. The summed E-state index contributed by atoms with van der Waals surface area (Å²) < 4.78 is 47.2. The number of pyridine rings is 1. The van der Waals surface area contributed by atoms with Crippen LogP contribution < -0.4 is 15.4 Å². The lowest BCUT2D eigenvalue weighted by Gasteiger charge is -2.25. The number of nitrogens with zero attached hydrogens (tertiary/aromatic N) is 2.